The first kappa shape index (κ1) is 22.7. The molecule has 1 aliphatic rings. The molecule has 1 atom stereocenters. The largest absolute Gasteiger partial charge is 0.383 e. The highest BCUT2D eigenvalue weighted by Crippen LogP contribution is 2.44. The second-order valence-corrected chi connectivity index (χ2v) is 9.39. The lowest BCUT2D eigenvalue weighted by atomic mass is 10.0. The molecule has 1 aromatic carbocycles. The maximum absolute atomic E-state index is 13.9. The van der Waals surface area contributed by atoms with Gasteiger partial charge in [-0.2, -0.15) is 0 Å². The molecule has 1 aliphatic heterocycles. The summed E-state index contributed by atoms with van der Waals surface area (Å²) >= 11 is 13.8. The van der Waals surface area contributed by atoms with E-state index in [1.165, 1.54) is 23.9 Å². The number of nitrogens with two attached hydrogens (primary N) is 1. The van der Waals surface area contributed by atoms with E-state index < -0.39 is 5.82 Å². The molecule has 2 heterocycles. The van der Waals surface area contributed by atoms with E-state index in [2.05, 4.69) is 4.98 Å². The fourth-order valence-electron chi connectivity index (χ4n) is 3.28. The van der Waals surface area contributed by atoms with E-state index in [0.29, 0.717) is 29.5 Å². The number of rotatable bonds is 4. The molecule has 3 rings (SSSR count). The first-order valence-electron chi connectivity index (χ1n) is 9.40. The van der Waals surface area contributed by atoms with Gasteiger partial charge in [-0.15, -0.1) is 11.8 Å². The number of benzene rings is 1. The molecule has 0 fully saturated rings. The van der Waals surface area contributed by atoms with Gasteiger partial charge in [0.15, 0.2) is 0 Å². The van der Waals surface area contributed by atoms with Crippen LogP contribution in [0.2, 0.25) is 10.0 Å². The predicted octanol–water partition coefficient (Wildman–Crippen LogP) is 5.73. The summed E-state index contributed by atoms with van der Waals surface area (Å²) in [6, 6.07) is 4.72. The normalized spacial score (nSPS) is 15.0. The number of hydrogen-bond donors (Lipinski definition) is 1. The minimum Gasteiger partial charge on any atom is -0.383 e. The minimum absolute atomic E-state index is 0.00495. The number of amides is 2. The van der Waals surface area contributed by atoms with Crippen LogP contribution in [0.25, 0.3) is 5.57 Å². The number of carbonyl (C=O) groups excluding carboxylic acids is 1. The molecule has 30 heavy (non-hydrogen) atoms. The zero-order valence-electron chi connectivity index (χ0n) is 17.0. The smallest absolute Gasteiger partial charge is 0.319 e. The Kier molecular flexibility index (Phi) is 7.16. The van der Waals surface area contributed by atoms with Gasteiger partial charge in [-0.25, -0.2) is 14.2 Å². The van der Waals surface area contributed by atoms with E-state index in [-0.39, 0.29) is 16.3 Å². The van der Waals surface area contributed by atoms with E-state index in [1.54, 1.807) is 30.1 Å². The van der Waals surface area contributed by atoms with Gasteiger partial charge in [-0.1, -0.05) is 29.3 Å². The van der Waals surface area contributed by atoms with Gasteiger partial charge in [0.05, 0.1) is 9.92 Å². The third-order valence-corrected chi connectivity index (χ3v) is 6.79. The van der Waals surface area contributed by atoms with Crippen molar-refractivity contribution in [3.63, 3.8) is 0 Å². The highest BCUT2D eigenvalue weighted by Gasteiger charge is 2.22. The average Bonchev–Trinajstić information content (AvgIpc) is 2.72. The molecule has 160 valence electrons. The summed E-state index contributed by atoms with van der Waals surface area (Å²) in [4.78, 5) is 20.6. The number of nitrogens with zero attached hydrogens (tertiary/aromatic N) is 3. The lowest BCUT2D eigenvalue weighted by Gasteiger charge is -2.29. The molecule has 0 spiro atoms. The monoisotopic (exact) mass is 468 g/mol. The molecule has 2 aromatic rings. The Bertz CT molecular complexity index is 999. The second-order valence-electron chi connectivity index (χ2n) is 7.23. The van der Waals surface area contributed by atoms with Crippen LogP contribution in [0.5, 0.6) is 0 Å². The van der Waals surface area contributed by atoms with Gasteiger partial charge in [0.2, 0.25) is 0 Å². The fourth-order valence-corrected chi connectivity index (χ4v) is 5.22. The van der Waals surface area contributed by atoms with Crippen molar-refractivity contribution in [2.24, 2.45) is 0 Å². The maximum atomic E-state index is 13.9. The number of thioether (sulfide) groups is 1. The van der Waals surface area contributed by atoms with Crippen LogP contribution in [0.15, 0.2) is 35.4 Å². The molecule has 0 saturated heterocycles. The van der Waals surface area contributed by atoms with E-state index >= 15 is 0 Å². The van der Waals surface area contributed by atoms with E-state index in [1.807, 2.05) is 19.1 Å². The number of hydrogen-bond acceptors (Lipinski definition) is 4. The van der Waals surface area contributed by atoms with Gasteiger partial charge >= 0.3 is 6.03 Å². The van der Waals surface area contributed by atoms with Crippen LogP contribution in [0.4, 0.5) is 15.0 Å². The molecule has 0 bridgehead atoms. The van der Waals surface area contributed by atoms with Crippen LogP contribution in [0.1, 0.15) is 29.7 Å². The standard InChI is InChI=1S/C21H23Cl2FN4OS/c1-12(18-15(22)4-5-16(24)19(18)23)30-17-10-14(11-26-20(17)25)13-6-8-28(9-7-13)21(29)27(2)3/h4-6,10-12H,7-9H2,1-3H3,(H2,25,26). The lowest BCUT2D eigenvalue weighted by molar-refractivity contribution is 0.176. The number of carbonyl (C=O) groups is 1. The highest BCUT2D eigenvalue weighted by molar-refractivity contribution is 7.99. The van der Waals surface area contributed by atoms with Gasteiger partial charge in [0, 0.05) is 49.2 Å². The topological polar surface area (TPSA) is 62.5 Å². The lowest BCUT2D eigenvalue weighted by Crippen LogP contribution is -2.41. The fraction of sp³-hybridized carbons (Fsp3) is 0.333. The van der Waals surface area contributed by atoms with Gasteiger partial charge in [0.1, 0.15) is 11.6 Å². The number of anilines is 1. The molecular weight excluding hydrogens is 446 g/mol. The quantitative estimate of drug-likeness (QED) is 0.459. The van der Waals surface area contributed by atoms with Gasteiger partial charge in [-0.05, 0) is 42.7 Å². The molecule has 1 aromatic heterocycles. The summed E-state index contributed by atoms with van der Waals surface area (Å²) in [5, 5.41) is 0.198. The maximum Gasteiger partial charge on any atom is 0.319 e. The van der Waals surface area contributed by atoms with E-state index in [0.717, 1.165) is 22.5 Å². The Morgan fingerprint density at radius 3 is 2.73 bits per heavy atom. The van der Waals surface area contributed by atoms with Crippen LogP contribution in [0.3, 0.4) is 0 Å². The van der Waals surface area contributed by atoms with Crippen molar-refractivity contribution in [3.8, 4) is 0 Å². The Morgan fingerprint density at radius 1 is 1.37 bits per heavy atom. The number of urea groups is 1. The summed E-state index contributed by atoms with van der Waals surface area (Å²) in [5.74, 6) is -0.118. The molecule has 0 radical (unpaired) electrons. The first-order chi connectivity index (χ1) is 14.2. The molecule has 2 amide bonds. The Balaban J connectivity index is 1.82. The first-order valence-corrected chi connectivity index (χ1v) is 11.0. The van der Waals surface area contributed by atoms with Crippen LogP contribution >= 0.6 is 35.0 Å². The highest BCUT2D eigenvalue weighted by atomic mass is 35.5. The second kappa shape index (κ2) is 9.45. The summed E-state index contributed by atoms with van der Waals surface area (Å²) in [6.45, 7) is 3.08. The summed E-state index contributed by atoms with van der Waals surface area (Å²) < 4.78 is 13.9. The van der Waals surface area contributed by atoms with E-state index in [9.17, 15) is 9.18 Å². The molecule has 0 saturated carbocycles. The van der Waals surface area contributed by atoms with Crippen LogP contribution in [-0.4, -0.2) is 48.0 Å². The molecule has 2 N–H and O–H groups in total. The minimum atomic E-state index is -0.507. The number of pyridine rings is 1. The summed E-state index contributed by atoms with van der Waals surface area (Å²) in [6.07, 6.45) is 4.50. The van der Waals surface area contributed by atoms with Crippen molar-refractivity contribution in [2.45, 2.75) is 23.5 Å². The number of nitrogen functional groups attached to an aromatic ring is 1. The SMILES string of the molecule is CC(Sc1cc(C2=CCN(C(=O)N(C)C)CC2)cnc1N)c1c(Cl)ccc(F)c1Cl. The van der Waals surface area contributed by atoms with Crippen molar-refractivity contribution in [1.82, 2.24) is 14.8 Å². The Hall–Kier alpha value is -1.96. The van der Waals surface area contributed by atoms with Crippen molar-refractivity contribution < 1.29 is 9.18 Å². The Labute approximate surface area is 190 Å². The predicted molar refractivity (Wildman–Crippen MR) is 123 cm³/mol. The van der Waals surface area contributed by atoms with Crippen LogP contribution in [0, 0.1) is 5.82 Å². The third-order valence-electron chi connectivity index (χ3n) is 4.90. The van der Waals surface area contributed by atoms with Crippen molar-refractivity contribution >= 4 is 52.4 Å². The van der Waals surface area contributed by atoms with Gasteiger partial charge < -0.3 is 15.5 Å². The summed E-state index contributed by atoms with van der Waals surface area (Å²) in [5.41, 5.74) is 8.69. The molecule has 1 unspecified atom stereocenters. The van der Waals surface area contributed by atoms with Gasteiger partial charge in [-0.3, -0.25) is 0 Å². The zero-order chi connectivity index (χ0) is 22.0. The Morgan fingerprint density at radius 2 is 2.10 bits per heavy atom. The summed E-state index contributed by atoms with van der Waals surface area (Å²) in [7, 11) is 3.49. The van der Waals surface area contributed by atoms with Crippen molar-refractivity contribution in [2.75, 3.05) is 32.9 Å². The number of aromatic nitrogens is 1. The van der Waals surface area contributed by atoms with Crippen molar-refractivity contribution in [1.29, 1.82) is 0 Å². The molecule has 5 nitrogen and oxygen atoms in total. The number of halogens is 3. The average molecular weight is 469 g/mol. The third kappa shape index (κ3) is 4.85. The van der Waals surface area contributed by atoms with Crippen molar-refractivity contribution in [3.05, 3.63) is 57.5 Å². The molecule has 9 heteroatoms. The van der Waals surface area contributed by atoms with Crippen LogP contribution < -0.4 is 5.73 Å². The zero-order valence-corrected chi connectivity index (χ0v) is 19.3. The van der Waals surface area contributed by atoms with E-state index in [4.69, 9.17) is 28.9 Å². The van der Waals surface area contributed by atoms with Gasteiger partial charge in [0.25, 0.3) is 0 Å². The van der Waals surface area contributed by atoms with Crippen LogP contribution in [-0.2, 0) is 0 Å². The molecular formula is C21H23Cl2FN4OS. The molecule has 0 aliphatic carbocycles.